The van der Waals surface area contributed by atoms with Crippen molar-refractivity contribution in [3.05, 3.63) is 23.8 Å². The van der Waals surface area contributed by atoms with Crippen LogP contribution in [0, 0.1) is 0 Å². The Hall–Kier alpha value is -1.22. The largest absolute Gasteiger partial charge is 0.399 e. The van der Waals surface area contributed by atoms with Gasteiger partial charge in [-0.1, -0.05) is 0 Å². The minimum atomic E-state index is 0.198. The van der Waals surface area contributed by atoms with Gasteiger partial charge in [0, 0.05) is 17.4 Å². The lowest BCUT2D eigenvalue weighted by Gasteiger charge is -2.25. The van der Waals surface area contributed by atoms with Gasteiger partial charge in [0.05, 0.1) is 6.61 Å². The van der Waals surface area contributed by atoms with Crippen LogP contribution in [-0.2, 0) is 6.42 Å². The Balaban J connectivity index is 2.26. The number of benzene rings is 1. The predicted molar refractivity (Wildman–Crippen MR) is 53.7 cm³/mol. The van der Waals surface area contributed by atoms with Crippen molar-refractivity contribution >= 4 is 11.4 Å². The molecule has 0 saturated carbocycles. The normalized spacial score (nSPS) is 20.5. The van der Waals surface area contributed by atoms with Gasteiger partial charge in [0.25, 0.3) is 0 Å². The molecule has 3 heteroatoms. The second-order valence-corrected chi connectivity index (χ2v) is 3.48. The fourth-order valence-corrected chi connectivity index (χ4v) is 1.72. The van der Waals surface area contributed by atoms with Gasteiger partial charge in [-0.05, 0) is 36.6 Å². The summed E-state index contributed by atoms with van der Waals surface area (Å²) in [5.74, 6) is 0. The highest BCUT2D eigenvalue weighted by Gasteiger charge is 2.16. The van der Waals surface area contributed by atoms with E-state index in [-0.39, 0.29) is 12.6 Å². The monoisotopic (exact) mass is 178 g/mol. The van der Waals surface area contributed by atoms with Crippen molar-refractivity contribution in [1.82, 2.24) is 0 Å². The SMILES string of the molecule is Nc1ccc2c(c1)CC[C@@H](CO)N2. The van der Waals surface area contributed by atoms with E-state index in [0.717, 1.165) is 24.2 Å². The van der Waals surface area contributed by atoms with E-state index in [1.165, 1.54) is 5.56 Å². The van der Waals surface area contributed by atoms with Crippen LogP contribution in [0.25, 0.3) is 0 Å². The highest BCUT2D eigenvalue weighted by molar-refractivity contribution is 5.59. The Kier molecular flexibility index (Phi) is 2.10. The first-order valence-corrected chi connectivity index (χ1v) is 4.55. The van der Waals surface area contributed by atoms with E-state index in [0.29, 0.717) is 0 Å². The lowest BCUT2D eigenvalue weighted by Crippen LogP contribution is -2.28. The fraction of sp³-hybridized carbons (Fsp3) is 0.400. The lowest BCUT2D eigenvalue weighted by molar-refractivity contribution is 0.267. The van der Waals surface area contributed by atoms with Crippen molar-refractivity contribution in [3.63, 3.8) is 0 Å². The summed E-state index contributed by atoms with van der Waals surface area (Å²) in [5, 5.41) is 12.3. The van der Waals surface area contributed by atoms with E-state index < -0.39 is 0 Å². The summed E-state index contributed by atoms with van der Waals surface area (Å²) in [6, 6.07) is 6.06. The van der Waals surface area contributed by atoms with Crippen molar-refractivity contribution in [3.8, 4) is 0 Å². The summed E-state index contributed by atoms with van der Waals surface area (Å²) >= 11 is 0. The molecule has 1 atom stereocenters. The molecule has 0 aromatic heterocycles. The zero-order valence-electron chi connectivity index (χ0n) is 7.46. The third kappa shape index (κ3) is 1.60. The van der Waals surface area contributed by atoms with Gasteiger partial charge in [0.15, 0.2) is 0 Å². The summed E-state index contributed by atoms with van der Waals surface area (Å²) in [6.07, 6.45) is 1.98. The van der Waals surface area contributed by atoms with Gasteiger partial charge in [-0.2, -0.15) is 0 Å². The Morgan fingerprint density at radius 3 is 3.15 bits per heavy atom. The van der Waals surface area contributed by atoms with E-state index in [4.69, 9.17) is 10.8 Å². The molecule has 1 aromatic carbocycles. The molecule has 0 aliphatic carbocycles. The average molecular weight is 178 g/mol. The number of aryl methyl sites for hydroxylation is 1. The number of nitrogens with one attached hydrogen (secondary N) is 1. The van der Waals surface area contributed by atoms with Crippen LogP contribution in [0.5, 0.6) is 0 Å². The van der Waals surface area contributed by atoms with Crippen LogP contribution in [0.4, 0.5) is 11.4 Å². The number of hydrogen-bond acceptors (Lipinski definition) is 3. The third-order valence-corrected chi connectivity index (χ3v) is 2.47. The fourth-order valence-electron chi connectivity index (χ4n) is 1.72. The van der Waals surface area contributed by atoms with Crippen LogP contribution < -0.4 is 11.1 Å². The molecular formula is C10H14N2O. The van der Waals surface area contributed by atoms with Crippen LogP contribution >= 0.6 is 0 Å². The van der Waals surface area contributed by atoms with Crippen LogP contribution in [0.3, 0.4) is 0 Å². The molecule has 0 bridgehead atoms. The van der Waals surface area contributed by atoms with Gasteiger partial charge >= 0.3 is 0 Å². The lowest BCUT2D eigenvalue weighted by atomic mass is 9.98. The zero-order valence-corrected chi connectivity index (χ0v) is 7.46. The molecule has 1 heterocycles. The Morgan fingerprint density at radius 1 is 1.54 bits per heavy atom. The van der Waals surface area contributed by atoms with Gasteiger partial charge in [0.2, 0.25) is 0 Å². The minimum Gasteiger partial charge on any atom is -0.399 e. The first-order valence-electron chi connectivity index (χ1n) is 4.55. The third-order valence-electron chi connectivity index (χ3n) is 2.47. The highest BCUT2D eigenvalue weighted by Crippen LogP contribution is 2.26. The average Bonchev–Trinajstić information content (AvgIpc) is 2.17. The standard InChI is InChI=1S/C10H14N2O/c11-8-2-4-10-7(5-8)1-3-9(6-13)12-10/h2,4-5,9,12-13H,1,3,6,11H2/t9-/m0/s1. The summed E-state index contributed by atoms with van der Waals surface area (Å²) < 4.78 is 0. The van der Waals surface area contributed by atoms with Gasteiger partial charge in [-0.15, -0.1) is 0 Å². The smallest absolute Gasteiger partial charge is 0.0632 e. The molecule has 0 radical (unpaired) electrons. The van der Waals surface area contributed by atoms with Crippen molar-refractivity contribution in [2.24, 2.45) is 0 Å². The van der Waals surface area contributed by atoms with E-state index in [1.54, 1.807) is 0 Å². The summed E-state index contributed by atoms with van der Waals surface area (Å²) in [6.45, 7) is 0.198. The van der Waals surface area contributed by atoms with Crippen LogP contribution in [0.1, 0.15) is 12.0 Å². The number of rotatable bonds is 1. The molecular weight excluding hydrogens is 164 g/mol. The van der Waals surface area contributed by atoms with Gasteiger partial charge in [-0.3, -0.25) is 0 Å². The molecule has 70 valence electrons. The number of anilines is 2. The molecule has 0 spiro atoms. The second-order valence-electron chi connectivity index (χ2n) is 3.48. The molecule has 2 rings (SSSR count). The number of aliphatic hydroxyl groups is 1. The Bertz CT molecular complexity index is 312. The van der Waals surface area contributed by atoms with Crippen molar-refractivity contribution in [2.75, 3.05) is 17.7 Å². The van der Waals surface area contributed by atoms with Gasteiger partial charge < -0.3 is 16.2 Å². The van der Waals surface area contributed by atoms with Crippen molar-refractivity contribution in [1.29, 1.82) is 0 Å². The number of nitrogens with two attached hydrogens (primary N) is 1. The van der Waals surface area contributed by atoms with Gasteiger partial charge in [-0.25, -0.2) is 0 Å². The Labute approximate surface area is 77.6 Å². The molecule has 1 aromatic rings. The van der Waals surface area contributed by atoms with Crippen molar-refractivity contribution in [2.45, 2.75) is 18.9 Å². The van der Waals surface area contributed by atoms with Crippen LogP contribution in [0.2, 0.25) is 0 Å². The summed E-state index contributed by atoms with van der Waals surface area (Å²) in [4.78, 5) is 0. The summed E-state index contributed by atoms with van der Waals surface area (Å²) in [5.41, 5.74) is 8.85. The molecule has 0 unspecified atom stereocenters. The minimum absolute atomic E-state index is 0.198. The number of nitrogen functional groups attached to an aromatic ring is 1. The summed E-state index contributed by atoms with van der Waals surface area (Å²) in [7, 11) is 0. The zero-order chi connectivity index (χ0) is 9.26. The van der Waals surface area contributed by atoms with E-state index >= 15 is 0 Å². The first kappa shape index (κ1) is 8.38. The van der Waals surface area contributed by atoms with Crippen molar-refractivity contribution < 1.29 is 5.11 Å². The highest BCUT2D eigenvalue weighted by atomic mass is 16.3. The van der Waals surface area contributed by atoms with E-state index in [2.05, 4.69) is 5.32 Å². The molecule has 0 fully saturated rings. The molecule has 3 nitrogen and oxygen atoms in total. The van der Waals surface area contributed by atoms with E-state index in [9.17, 15) is 0 Å². The molecule has 13 heavy (non-hydrogen) atoms. The number of aliphatic hydroxyl groups excluding tert-OH is 1. The van der Waals surface area contributed by atoms with Crippen LogP contribution in [-0.4, -0.2) is 17.8 Å². The molecule has 4 N–H and O–H groups in total. The molecule has 0 amide bonds. The predicted octanol–water partition coefficient (Wildman–Crippen LogP) is 0.988. The Morgan fingerprint density at radius 2 is 2.38 bits per heavy atom. The molecule has 1 aliphatic heterocycles. The second kappa shape index (κ2) is 3.26. The maximum atomic E-state index is 8.98. The van der Waals surface area contributed by atoms with E-state index in [1.807, 2.05) is 18.2 Å². The quantitative estimate of drug-likeness (QED) is 0.562. The van der Waals surface area contributed by atoms with Gasteiger partial charge in [0.1, 0.15) is 0 Å². The van der Waals surface area contributed by atoms with Crippen LogP contribution in [0.15, 0.2) is 18.2 Å². The molecule has 1 aliphatic rings. The number of fused-ring (bicyclic) bond motifs is 1. The number of hydrogen-bond donors (Lipinski definition) is 3. The maximum Gasteiger partial charge on any atom is 0.0632 e. The molecule has 0 saturated heterocycles. The maximum absolute atomic E-state index is 8.98. The topological polar surface area (TPSA) is 58.3 Å². The first-order chi connectivity index (χ1) is 6.29.